The van der Waals surface area contributed by atoms with Crippen LogP contribution in [0.25, 0.3) is 0 Å². The van der Waals surface area contributed by atoms with Gasteiger partial charge in [0.15, 0.2) is 17.3 Å². The van der Waals surface area contributed by atoms with Crippen molar-refractivity contribution in [3.63, 3.8) is 0 Å². The summed E-state index contributed by atoms with van der Waals surface area (Å²) in [5, 5.41) is 25.0. The molecule has 0 spiro atoms. The molecule has 1 aromatic carbocycles. The first kappa shape index (κ1) is 27.7. The van der Waals surface area contributed by atoms with Crippen molar-refractivity contribution >= 4 is 35.0 Å². The first-order valence-corrected chi connectivity index (χ1v) is 12.7. The van der Waals surface area contributed by atoms with E-state index in [1.54, 1.807) is 25.1 Å². The summed E-state index contributed by atoms with van der Waals surface area (Å²) in [6.07, 6.45) is -0.842. The van der Waals surface area contributed by atoms with Crippen molar-refractivity contribution < 1.29 is 38.9 Å². The molecule has 2 amide bonds. The number of nitrogens with zero attached hydrogens (tertiary/aromatic N) is 1. The fourth-order valence-electron chi connectivity index (χ4n) is 6.22. The Morgan fingerprint density at radius 3 is 2.45 bits per heavy atom. The Kier molecular flexibility index (Phi) is 6.90. The number of nitrogens with two attached hydrogens (primary N) is 1. The van der Waals surface area contributed by atoms with Gasteiger partial charge in [-0.2, -0.15) is 0 Å². The van der Waals surface area contributed by atoms with Gasteiger partial charge >= 0.3 is 6.09 Å². The molecule has 0 aliphatic heterocycles. The zero-order valence-corrected chi connectivity index (χ0v) is 22.2. The molecule has 38 heavy (non-hydrogen) atoms. The minimum Gasteiger partial charge on any atom is -0.505 e. The molecule has 0 saturated heterocycles. The predicted molar refractivity (Wildman–Crippen MR) is 135 cm³/mol. The Balaban J connectivity index is 1.67. The van der Waals surface area contributed by atoms with Crippen molar-refractivity contribution in [2.24, 2.45) is 34.8 Å². The Morgan fingerprint density at radius 2 is 1.87 bits per heavy atom. The highest BCUT2D eigenvalue weighted by Crippen LogP contribution is 2.52. The Hall–Kier alpha value is -3.31. The number of aliphatic hydroxyl groups is 1. The van der Waals surface area contributed by atoms with Crippen LogP contribution >= 0.6 is 0 Å². The average Bonchev–Trinajstić information content (AvgIpc) is 2.80. The molecule has 0 radical (unpaired) electrons. The van der Waals surface area contributed by atoms with Crippen LogP contribution in [0.3, 0.4) is 0 Å². The molecule has 0 heterocycles. The number of Topliss-reactive ketones (excluding diaryl/α,β-unsaturated/α-hetero) is 3. The van der Waals surface area contributed by atoms with E-state index in [0.29, 0.717) is 5.56 Å². The van der Waals surface area contributed by atoms with Crippen molar-refractivity contribution in [1.29, 1.82) is 0 Å². The van der Waals surface area contributed by atoms with Gasteiger partial charge in [0, 0.05) is 12.3 Å². The number of aromatic hydroxyl groups is 1. The third-order valence-electron chi connectivity index (χ3n) is 7.93. The molecule has 206 valence electrons. The molecule has 1 aromatic rings. The Labute approximate surface area is 220 Å². The van der Waals surface area contributed by atoms with Crippen LogP contribution in [0, 0.1) is 29.1 Å². The number of nitrogens with one attached hydrogen (secondary N) is 1. The smallest absolute Gasteiger partial charge is 0.411 e. The molecule has 0 bridgehead atoms. The van der Waals surface area contributed by atoms with Gasteiger partial charge in [0.1, 0.15) is 17.3 Å². The van der Waals surface area contributed by atoms with Gasteiger partial charge < -0.3 is 20.7 Å². The number of phenolic OH excluding ortho intramolecular Hbond substituents is 1. The van der Waals surface area contributed by atoms with Gasteiger partial charge in [0.05, 0.1) is 29.8 Å². The number of amides is 2. The fraction of sp³-hybridized carbons (Fsp3) is 0.593. The van der Waals surface area contributed by atoms with Crippen LogP contribution < -0.4 is 11.1 Å². The molecule has 2 saturated carbocycles. The highest BCUT2D eigenvalue weighted by molar-refractivity contribution is 6.18. The number of rotatable bonds is 4. The lowest BCUT2D eigenvalue weighted by molar-refractivity contribution is -0.176. The topological polar surface area (TPSA) is 176 Å². The van der Waals surface area contributed by atoms with Gasteiger partial charge in [-0.1, -0.05) is 26.8 Å². The first-order valence-electron chi connectivity index (χ1n) is 12.7. The van der Waals surface area contributed by atoms with E-state index in [1.807, 2.05) is 20.8 Å². The number of anilines is 1. The number of hydrogen-bond donors (Lipinski definition) is 4. The number of phenols is 1. The average molecular weight is 530 g/mol. The highest BCUT2D eigenvalue weighted by Gasteiger charge is 2.64. The minimum atomic E-state index is -2.11. The second kappa shape index (κ2) is 9.46. The number of fused-ring (bicyclic) bond motifs is 3. The first-order chi connectivity index (χ1) is 17.6. The molecular formula is C27H35N3O8. The van der Waals surface area contributed by atoms with Crippen LogP contribution in [0.5, 0.6) is 5.75 Å². The van der Waals surface area contributed by atoms with Crippen LogP contribution in [-0.4, -0.2) is 76.8 Å². The van der Waals surface area contributed by atoms with Crippen molar-refractivity contribution in [3.05, 3.63) is 23.3 Å². The van der Waals surface area contributed by atoms with Gasteiger partial charge in [-0.05, 0) is 49.9 Å². The van der Waals surface area contributed by atoms with E-state index in [0.717, 1.165) is 0 Å². The Bertz CT molecular complexity index is 1220. The van der Waals surface area contributed by atoms with Crippen LogP contribution in [0.2, 0.25) is 0 Å². The van der Waals surface area contributed by atoms with Crippen LogP contribution in [0.15, 0.2) is 12.1 Å². The summed E-state index contributed by atoms with van der Waals surface area (Å²) in [7, 11) is 3.26. The van der Waals surface area contributed by atoms with E-state index in [9.17, 15) is 34.2 Å². The van der Waals surface area contributed by atoms with Crippen LogP contribution in [0.1, 0.15) is 49.5 Å². The summed E-state index contributed by atoms with van der Waals surface area (Å²) >= 11 is 0. The number of ketones is 3. The SMILES string of the molecule is CN(C)C1C(=O)C(C(N)=O)CC2(O)C(=O)C3C(=O)c4c(ccc(NC(=O)OCC(C)(C)C)c4O)CC3CC12. The minimum absolute atomic E-state index is 0.0426. The van der Waals surface area contributed by atoms with E-state index in [2.05, 4.69) is 5.32 Å². The molecule has 3 aliphatic carbocycles. The molecular weight excluding hydrogens is 494 g/mol. The number of hydrogen-bond acceptors (Lipinski definition) is 9. The normalized spacial score (nSPS) is 30.8. The maximum absolute atomic E-state index is 13.8. The molecule has 11 nitrogen and oxygen atoms in total. The van der Waals surface area contributed by atoms with Crippen molar-refractivity contribution in [1.82, 2.24) is 4.90 Å². The second-order valence-corrected chi connectivity index (χ2v) is 12.2. The van der Waals surface area contributed by atoms with E-state index in [1.165, 1.54) is 6.07 Å². The quantitative estimate of drug-likeness (QED) is 0.330. The lowest BCUT2D eigenvalue weighted by atomic mass is 9.53. The molecule has 6 atom stereocenters. The molecule has 0 aromatic heterocycles. The van der Waals surface area contributed by atoms with E-state index in [-0.39, 0.29) is 36.1 Å². The zero-order valence-electron chi connectivity index (χ0n) is 22.2. The Morgan fingerprint density at radius 1 is 1.21 bits per heavy atom. The molecule has 6 unspecified atom stereocenters. The third kappa shape index (κ3) is 4.58. The molecule has 4 rings (SSSR count). The van der Waals surface area contributed by atoms with Gasteiger partial charge in [-0.25, -0.2) is 4.79 Å². The second-order valence-electron chi connectivity index (χ2n) is 12.2. The maximum Gasteiger partial charge on any atom is 0.411 e. The van der Waals surface area contributed by atoms with Crippen molar-refractivity contribution in [2.75, 3.05) is 26.0 Å². The number of benzene rings is 1. The fourth-order valence-corrected chi connectivity index (χ4v) is 6.22. The van der Waals surface area contributed by atoms with Crippen molar-refractivity contribution in [2.45, 2.75) is 51.7 Å². The maximum atomic E-state index is 13.8. The summed E-state index contributed by atoms with van der Waals surface area (Å²) < 4.78 is 5.18. The van der Waals surface area contributed by atoms with Crippen LogP contribution in [0.4, 0.5) is 10.5 Å². The predicted octanol–water partition coefficient (Wildman–Crippen LogP) is 1.28. The summed E-state index contributed by atoms with van der Waals surface area (Å²) in [5.41, 5.74) is 3.41. The number of likely N-dealkylation sites (N-methyl/N-ethyl adjacent to an activating group) is 1. The van der Waals surface area contributed by atoms with E-state index in [4.69, 9.17) is 10.5 Å². The largest absolute Gasteiger partial charge is 0.505 e. The van der Waals surface area contributed by atoms with E-state index < -0.39 is 76.8 Å². The lowest BCUT2D eigenvalue weighted by Gasteiger charge is -2.53. The number of ether oxygens (including phenoxy) is 1. The van der Waals surface area contributed by atoms with Crippen molar-refractivity contribution in [3.8, 4) is 5.75 Å². The monoisotopic (exact) mass is 529 g/mol. The van der Waals surface area contributed by atoms with Crippen LogP contribution in [-0.2, 0) is 25.5 Å². The highest BCUT2D eigenvalue weighted by atomic mass is 16.5. The molecule has 11 heteroatoms. The molecule has 2 fully saturated rings. The van der Waals surface area contributed by atoms with E-state index >= 15 is 0 Å². The molecule has 3 aliphatic rings. The number of primary amides is 1. The summed E-state index contributed by atoms with van der Waals surface area (Å²) in [6, 6.07) is 2.14. The molecule has 5 N–H and O–H groups in total. The summed E-state index contributed by atoms with van der Waals surface area (Å²) in [4.78, 5) is 66.5. The van der Waals surface area contributed by atoms with Gasteiger partial charge in [-0.3, -0.25) is 29.4 Å². The zero-order chi connectivity index (χ0) is 28.3. The van der Waals surface area contributed by atoms with Gasteiger partial charge in [0.2, 0.25) is 5.91 Å². The number of carbonyl (C=O) groups excluding carboxylic acids is 5. The third-order valence-corrected chi connectivity index (χ3v) is 7.93. The van der Waals surface area contributed by atoms with Gasteiger partial charge in [-0.15, -0.1) is 0 Å². The van der Waals surface area contributed by atoms with Gasteiger partial charge in [0.25, 0.3) is 0 Å². The standard InChI is InChI=1S/C27H35N3O8/c1-26(2,3)11-38-25(36)29-16-7-6-12-8-13-9-15-19(30(4)5)20(31)14(24(28)35)10-27(15,37)23(34)18(13)22(33)17(12)21(16)32/h6-7,13-15,18-19,32,37H,8-11H2,1-5H3,(H2,28,35)(H,29,36). The summed E-state index contributed by atoms with van der Waals surface area (Å²) in [5.74, 6) is -7.29. The summed E-state index contributed by atoms with van der Waals surface area (Å²) in [6.45, 7) is 5.80. The number of carbonyl (C=O) groups is 5. The lowest BCUT2D eigenvalue weighted by Crippen LogP contribution is -2.69.